The number of nitrogens with zero attached hydrogens (tertiary/aromatic N) is 2. The molecule has 1 aromatic carbocycles. The molecule has 2 aliphatic rings. The number of carbonyl (C=O) groups excluding carboxylic acids is 2. The quantitative estimate of drug-likeness (QED) is 0.764. The summed E-state index contributed by atoms with van der Waals surface area (Å²) in [6.45, 7) is 8.96. The van der Waals surface area contributed by atoms with Crippen LogP contribution in [0.1, 0.15) is 39.2 Å². The van der Waals surface area contributed by atoms with Gasteiger partial charge in [0.2, 0.25) is 12.7 Å². The van der Waals surface area contributed by atoms with Crippen LogP contribution in [0, 0.1) is 5.92 Å². The normalized spacial score (nSPS) is 18.7. The van der Waals surface area contributed by atoms with Crippen molar-refractivity contribution in [1.82, 2.24) is 15.1 Å². The van der Waals surface area contributed by atoms with Gasteiger partial charge in [0.1, 0.15) is 5.60 Å². The molecule has 2 aliphatic heterocycles. The minimum absolute atomic E-state index is 0.00573. The van der Waals surface area contributed by atoms with Crippen LogP contribution in [0.3, 0.4) is 0 Å². The van der Waals surface area contributed by atoms with Crippen molar-refractivity contribution in [3.05, 3.63) is 23.8 Å². The highest BCUT2D eigenvalue weighted by atomic mass is 16.7. The smallest absolute Gasteiger partial charge is 0.410 e. The largest absolute Gasteiger partial charge is 0.454 e. The van der Waals surface area contributed by atoms with Crippen LogP contribution in [0.25, 0.3) is 0 Å². The first-order valence-corrected chi connectivity index (χ1v) is 10.5. The number of fused-ring (bicyclic) bond motifs is 1. The molecular weight excluding hydrogens is 386 g/mol. The van der Waals surface area contributed by atoms with Gasteiger partial charge >= 0.3 is 6.09 Å². The number of rotatable bonds is 6. The second-order valence-electron chi connectivity index (χ2n) is 9.07. The number of ether oxygens (including phenoxy) is 3. The van der Waals surface area contributed by atoms with E-state index in [1.807, 2.05) is 39.0 Å². The fraction of sp³-hybridized carbons (Fsp3) is 0.636. The Morgan fingerprint density at radius 3 is 2.80 bits per heavy atom. The molecule has 1 fully saturated rings. The highest BCUT2D eigenvalue weighted by molar-refractivity contribution is 5.78. The van der Waals surface area contributed by atoms with E-state index in [1.165, 1.54) is 0 Å². The number of benzene rings is 1. The van der Waals surface area contributed by atoms with Gasteiger partial charge < -0.3 is 24.4 Å². The van der Waals surface area contributed by atoms with Crippen molar-refractivity contribution in [2.75, 3.05) is 40.0 Å². The first kappa shape index (κ1) is 22.2. The average Bonchev–Trinajstić information content (AvgIpc) is 3.13. The predicted molar refractivity (Wildman–Crippen MR) is 112 cm³/mol. The molecule has 1 saturated heterocycles. The van der Waals surface area contributed by atoms with Gasteiger partial charge in [0.15, 0.2) is 11.5 Å². The second-order valence-corrected chi connectivity index (χ2v) is 9.07. The molecule has 0 aromatic heterocycles. The van der Waals surface area contributed by atoms with E-state index < -0.39 is 5.60 Å². The third-order valence-corrected chi connectivity index (χ3v) is 5.13. The minimum Gasteiger partial charge on any atom is -0.454 e. The van der Waals surface area contributed by atoms with Crippen LogP contribution in [0.5, 0.6) is 11.5 Å². The lowest BCUT2D eigenvalue weighted by Gasteiger charge is -2.34. The summed E-state index contributed by atoms with van der Waals surface area (Å²) < 4.78 is 16.1. The molecule has 30 heavy (non-hydrogen) atoms. The molecular formula is C22H33N3O5. The van der Waals surface area contributed by atoms with E-state index in [4.69, 9.17) is 14.2 Å². The Bertz CT molecular complexity index is 762. The van der Waals surface area contributed by atoms with E-state index in [0.717, 1.165) is 43.0 Å². The second kappa shape index (κ2) is 9.55. The van der Waals surface area contributed by atoms with Gasteiger partial charge in [0, 0.05) is 26.7 Å². The molecule has 8 nitrogen and oxygen atoms in total. The average molecular weight is 420 g/mol. The standard InChI is InChI=1S/C22H33N3O5/c1-22(2,3)30-21(27)24(4)12-17-6-5-9-25(13-17)14-20(26)23-11-16-7-8-18-19(10-16)29-15-28-18/h7-8,10,17H,5-6,9,11-15H2,1-4H3,(H,23,26). The SMILES string of the molecule is CN(CC1CCCN(CC(=O)NCc2ccc3c(c2)OCO3)C1)C(=O)OC(C)(C)C. The maximum atomic E-state index is 12.4. The topological polar surface area (TPSA) is 80.3 Å². The summed E-state index contributed by atoms with van der Waals surface area (Å²) in [4.78, 5) is 28.4. The van der Waals surface area contributed by atoms with Gasteiger partial charge in [-0.3, -0.25) is 9.69 Å². The summed E-state index contributed by atoms with van der Waals surface area (Å²) >= 11 is 0. The van der Waals surface area contributed by atoms with Crippen molar-refractivity contribution in [2.45, 2.75) is 45.8 Å². The molecule has 1 atom stereocenters. The van der Waals surface area contributed by atoms with Gasteiger partial charge in [-0.1, -0.05) is 6.07 Å². The maximum absolute atomic E-state index is 12.4. The Kier molecular flexibility index (Phi) is 7.07. The molecule has 166 valence electrons. The summed E-state index contributed by atoms with van der Waals surface area (Å²) in [6.07, 6.45) is 1.76. The predicted octanol–water partition coefficient (Wildman–Crippen LogP) is 2.61. The van der Waals surface area contributed by atoms with Gasteiger partial charge in [0.25, 0.3) is 0 Å². The summed E-state index contributed by atoms with van der Waals surface area (Å²) in [5, 5.41) is 2.98. The molecule has 0 bridgehead atoms. The highest BCUT2D eigenvalue weighted by Gasteiger charge is 2.26. The van der Waals surface area contributed by atoms with Gasteiger partial charge in [-0.2, -0.15) is 0 Å². The highest BCUT2D eigenvalue weighted by Crippen LogP contribution is 2.32. The Morgan fingerprint density at radius 2 is 2.03 bits per heavy atom. The molecule has 1 unspecified atom stereocenters. The summed E-state index contributed by atoms with van der Waals surface area (Å²) in [5.41, 5.74) is 0.475. The summed E-state index contributed by atoms with van der Waals surface area (Å²) in [7, 11) is 1.77. The van der Waals surface area contributed by atoms with Crippen molar-refractivity contribution in [3.8, 4) is 11.5 Å². The summed E-state index contributed by atoms with van der Waals surface area (Å²) in [5.74, 6) is 1.78. The van der Waals surface area contributed by atoms with Gasteiger partial charge in [-0.05, 0) is 63.8 Å². The lowest BCUT2D eigenvalue weighted by molar-refractivity contribution is -0.122. The van der Waals surface area contributed by atoms with E-state index >= 15 is 0 Å². The van der Waals surface area contributed by atoms with E-state index in [2.05, 4.69) is 10.2 Å². The molecule has 8 heteroatoms. The number of hydrogen-bond acceptors (Lipinski definition) is 6. The lowest BCUT2D eigenvalue weighted by Crippen LogP contribution is -2.46. The Morgan fingerprint density at radius 1 is 1.27 bits per heavy atom. The van der Waals surface area contributed by atoms with Crippen LogP contribution in [-0.2, 0) is 16.1 Å². The first-order chi connectivity index (χ1) is 14.2. The third-order valence-electron chi connectivity index (χ3n) is 5.13. The number of amides is 2. The number of nitrogens with one attached hydrogen (secondary N) is 1. The number of likely N-dealkylation sites (tertiary alicyclic amines) is 1. The van der Waals surface area contributed by atoms with Crippen molar-refractivity contribution in [3.63, 3.8) is 0 Å². The zero-order valence-corrected chi connectivity index (χ0v) is 18.4. The van der Waals surface area contributed by atoms with Crippen molar-refractivity contribution < 1.29 is 23.8 Å². The van der Waals surface area contributed by atoms with E-state index in [0.29, 0.717) is 25.6 Å². The molecule has 0 saturated carbocycles. The molecule has 0 radical (unpaired) electrons. The third kappa shape index (κ3) is 6.52. The molecule has 1 N–H and O–H groups in total. The van der Waals surface area contributed by atoms with Crippen LogP contribution in [0.2, 0.25) is 0 Å². The zero-order chi connectivity index (χ0) is 21.7. The van der Waals surface area contributed by atoms with Crippen molar-refractivity contribution in [2.24, 2.45) is 5.92 Å². The van der Waals surface area contributed by atoms with Crippen LogP contribution in [-0.4, -0.2) is 67.4 Å². The Hall–Kier alpha value is -2.48. The monoisotopic (exact) mass is 419 g/mol. The van der Waals surface area contributed by atoms with Crippen LogP contribution in [0.15, 0.2) is 18.2 Å². The molecule has 0 spiro atoms. The van der Waals surface area contributed by atoms with E-state index in [9.17, 15) is 9.59 Å². The lowest BCUT2D eigenvalue weighted by atomic mass is 9.97. The van der Waals surface area contributed by atoms with E-state index in [-0.39, 0.29) is 18.8 Å². The molecule has 1 aromatic rings. The number of hydrogen-bond donors (Lipinski definition) is 1. The van der Waals surface area contributed by atoms with Crippen molar-refractivity contribution >= 4 is 12.0 Å². The van der Waals surface area contributed by atoms with Crippen LogP contribution < -0.4 is 14.8 Å². The fourth-order valence-corrected chi connectivity index (χ4v) is 3.76. The number of piperidine rings is 1. The first-order valence-electron chi connectivity index (χ1n) is 10.5. The Labute approximate surface area is 178 Å². The van der Waals surface area contributed by atoms with Crippen molar-refractivity contribution in [1.29, 1.82) is 0 Å². The fourth-order valence-electron chi connectivity index (χ4n) is 3.76. The molecule has 3 rings (SSSR count). The molecule has 2 heterocycles. The molecule has 2 amide bonds. The van der Waals surface area contributed by atoms with Crippen LogP contribution in [0.4, 0.5) is 4.79 Å². The van der Waals surface area contributed by atoms with Gasteiger partial charge in [-0.25, -0.2) is 4.79 Å². The minimum atomic E-state index is -0.500. The summed E-state index contributed by atoms with van der Waals surface area (Å²) in [6, 6.07) is 5.68. The zero-order valence-electron chi connectivity index (χ0n) is 18.4. The number of carbonyl (C=O) groups is 2. The Balaban J connectivity index is 1.41. The van der Waals surface area contributed by atoms with Gasteiger partial charge in [-0.15, -0.1) is 0 Å². The maximum Gasteiger partial charge on any atom is 0.410 e. The van der Waals surface area contributed by atoms with E-state index in [1.54, 1.807) is 11.9 Å². The molecule has 0 aliphatic carbocycles. The van der Waals surface area contributed by atoms with Crippen LogP contribution >= 0.6 is 0 Å². The van der Waals surface area contributed by atoms with Gasteiger partial charge in [0.05, 0.1) is 6.54 Å².